The van der Waals surface area contributed by atoms with Gasteiger partial charge in [-0.2, -0.15) is 0 Å². The number of piperazine rings is 1. The van der Waals surface area contributed by atoms with Crippen molar-refractivity contribution in [1.82, 2.24) is 4.90 Å². The van der Waals surface area contributed by atoms with Crippen LogP contribution in [0.15, 0.2) is 24.3 Å². The summed E-state index contributed by atoms with van der Waals surface area (Å²) < 4.78 is 0. The quantitative estimate of drug-likeness (QED) is 0.883. The Bertz CT molecular complexity index is 356. The number of β-amino-alcohol motifs (C(OH)–C–C–N with tert-alkyl or cyclic N) is 1. The molecule has 4 heteroatoms. The Hall–Kier alpha value is -1.10. The minimum absolute atomic E-state index is 0.0976. The van der Waals surface area contributed by atoms with Crippen molar-refractivity contribution >= 4 is 5.69 Å². The summed E-state index contributed by atoms with van der Waals surface area (Å²) >= 11 is 0. The van der Waals surface area contributed by atoms with Crippen LogP contribution in [-0.2, 0) is 0 Å². The molecule has 2 rings (SSSR count). The van der Waals surface area contributed by atoms with Gasteiger partial charge in [-0.3, -0.25) is 4.90 Å². The molecular weight excluding hydrogens is 250 g/mol. The monoisotopic (exact) mass is 279 g/mol. The molecule has 1 aromatic carbocycles. The molecule has 0 saturated carbocycles. The molecule has 1 aliphatic rings. The predicted octanol–water partition coefficient (Wildman–Crippen LogP) is 1.85. The Morgan fingerprint density at radius 3 is 2.10 bits per heavy atom. The van der Waals surface area contributed by atoms with Crippen LogP contribution in [0.4, 0.5) is 5.69 Å². The molecule has 1 heterocycles. The second kappa shape index (κ2) is 8.95. The topological polar surface area (TPSA) is 52.7 Å². The Kier molecular flexibility index (Phi) is 7.59. The van der Waals surface area contributed by atoms with Crippen LogP contribution in [-0.4, -0.2) is 49.3 Å². The van der Waals surface area contributed by atoms with Crippen LogP contribution in [0.1, 0.15) is 32.4 Å². The van der Waals surface area contributed by atoms with Gasteiger partial charge in [-0.15, -0.1) is 0 Å². The van der Waals surface area contributed by atoms with Crippen molar-refractivity contribution in [3.63, 3.8) is 0 Å². The maximum atomic E-state index is 8.92. The molecule has 1 atom stereocenters. The van der Waals surface area contributed by atoms with Crippen molar-refractivity contribution in [1.29, 1.82) is 0 Å². The summed E-state index contributed by atoms with van der Waals surface area (Å²) in [5.74, 6) is 0. The zero-order valence-corrected chi connectivity index (χ0v) is 13.0. The molecule has 0 amide bonds. The lowest BCUT2D eigenvalue weighted by Gasteiger charge is -2.35. The lowest BCUT2D eigenvalue weighted by Crippen LogP contribution is -2.47. The van der Waals surface area contributed by atoms with Gasteiger partial charge in [0, 0.05) is 44.5 Å². The van der Waals surface area contributed by atoms with Crippen LogP contribution < -0.4 is 10.6 Å². The fourth-order valence-electron chi connectivity index (χ4n) is 2.36. The first-order valence-electron chi connectivity index (χ1n) is 7.64. The van der Waals surface area contributed by atoms with Gasteiger partial charge in [-0.05, 0) is 24.6 Å². The zero-order chi connectivity index (χ0) is 15.0. The van der Waals surface area contributed by atoms with Crippen molar-refractivity contribution in [3.8, 4) is 0 Å². The zero-order valence-electron chi connectivity index (χ0n) is 13.0. The summed E-state index contributed by atoms with van der Waals surface area (Å²) in [4.78, 5) is 4.69. The molecule has 0 bridgehead atoms. The second-order valence-corrected chi connectivity index (χ2v) is 4.93. The Labute approximate surface area is 123 Å². The van der Waals surface area contributed by atoms with Crippen LogP contribution in [0.3, 0.4) is 0 Å². The smallest absolute Gasteiger partial charge is 0.0558 e. The lowest BCUT2D eigenvalue weighted by molar-refractivity contribution is 0.189. The van der Waals surface area contributed by atoms with E-state index in [1.165, 1.54) is 11.3 Å². The molecule has 0 radical (unpaired) electrons. The summed E-state index contributed by atoms with van der Waals surface area (Å²) in [6, 6.07) is 8.63. The van der Waals surface area contributed by atoms with Gasteiger partial charge in [0.25, 0.3) is 0 Å². The van der Waals surface area contributed by atoms with Crippen molar-refractivity contribution in [2.24, 2.45) is 5.73 Å². The van der Waals surface area contributed by atoms with E-state index in [-0.39, 0.29) is 12.6 Å². The summed E-state index contributed by atoms with van der Waals surface area (Å²) in [7, 11) is 0. The van der Waals surface area contributed by atoms with E-state index in [1.807, 2.05) is 20.8 Å². The van der Waals surface area contributed by atoms with Gasteiger partial charge in [-0.25, -0.2) is 0 Å². The number of benzene rings is 1. The fraction of sp³-hybridized carbons (Fsp3) is 0.625. The molecule has 3 N–H and O–H groups in total. The van der Waals surface area contributed by atoms with Crippen LogP contribution >= 0.6 is 0 Å². The molecule has 0 aliphatic carbocycles. The van der Waals surface area contributed by atoms with Gasteiger partial charge in [0.2, 0.25) is 0 Å². The summed E-state index contributed by atoms with van der Waals surface area (Å²) in [6.07, 6.45) is 0. The molecule has 0 spiro atoms. The third-order valence-electron chi connectivity index (χ3n) is 3.57. The van der Waals surface area contributed by atoms with Gasteiger partial charge in [0.05, 0.1) is 6.61 Å². The maximum absolute atomic E-state index is 8.92. The standard InChI is InChI=1S/C14H23N3O.C2H6/c1-12(15)13-2-4-14(5-3-13)17-8-6-16(7-9-17)10-11-18;1-2/h2-5,12,18H,6-11,15H2,1H3;1-2H3. The summed E-state index contributed by atoms with van der Waals surface area (Å²) in [5, 5.41) is 8.92. The van der Waals surface area contributed by atoms with E-state index >= 15 is 0 Å². The van der Waals surface area contributed by atoms with E-state index in [4.69, 9.17) is 10.8 Å². The molecule has 0 aromatic heterocycles. The molecule has 1 aromatic rings. The van der Waals surface area contributed by atoms with E-state index in [0.717, 1.165) is 32.7 Å². The number of anilines is 1. The predicted molar refractivity (Wildman–Crippen MR) is 86.1 cm³/mol. The van der Waals surface area contributed by atoms with Gasteiger partial charge in [0.1, 0.15) is 0 Å². The van der Waals surface area contributed by atoms with E-state index in [0.29, 0.717) is 0 Å². The lowest BCUT2D eigenvalue weighted by atomic mass is 10.1. The molecule has 114 valence electrons. The van der Waals surface area contributed by atoms with Crippen LogP contribution in [0, 0.1) is 0 Å². The number of hydrogen-bond donors (Lipinski definition) is 2. The number of aliphatic hydroxyl groups excluding tert-OH is 1. The van der Waals surface area contributed by atoms with Crippen molar-refractivity contribution in [2.45, 2.75) is 26.8 Å². The molecule has 1 unspecified atom stereocenters. The first-order chi connectivity index (χ1) is 9.70. The Morgan fingerprint density at radius 1 is 1.10 bits per heavy atom. The SMILES string of the molecule is CC.CC(N)c1ccc(N2CCN(CCO)CC2)cc1. The first kappa shape index (κ1) is 17.0. The van der Waals surface area contributed by atoms with E-state index in [1.54, 1.807) is 0 Å². The van der Waals surface area contributed by atoms with Crippen LogP contribution in [0.5, 0.6) is 0 Å². The second-order valence-electron chi connectivity index (χ2n) is 4.93. The van der Waals surface area contributed by atoms with Crippen LogP contribution in [0.2, 0.25) is 0 Å². The third-order valence-corrected chi connectivity index (χ3v) is 3.57. The number of hydrogen-bond acceptors (Lipinski definition) is 4. The molecule has 1 saturated heterocycles. The fourth-order valence-corrected chi connectivity index (χ4v) is 2.36. The highest BCUT2D eigenvalue weighted by molar-refractivity contribution is 5.48. The van der Waals surface area contributed by atoms with E-state index in [9.17, 15) is 0 Å². The summed E-state index contributed by atoms with van der Waals surface area (Å²) in [6.45, 7) is 11.1. The molecule has 1 aliphatic heterocycles. The highest BCUT2D eigenvalue weighted by Gasteiger charge is 2.16. The molecular formula is C16H29N3O. The molecule has 4 nitrogen and oxygen atoms in total. The number of aliphatic hydroxyl groups is 1. The molecule has 20 heavy (non-hydrogen) atoms. The highest BCUT2D eigenvalue weighted by Crippen LogP contribution is 2.19. The van der Waals surface area contributed by atoms with Gasteiger partial charge >= 0.3 is 0 Å². The normalized spacial score (nSPS) is 17.4. The Balaban J connectivity index is 0.000000956. The first-order valence-corrected chi connectivity index (χ1v) is 7.64. The van der Waals surface area contributed by atoms with E-state index in [2.05, 4.69) is 34.1 Å². The average Bonchev–Trinajstić information content (AvgIpc) is 2.50. The van der Waals surface area contributed by atoms with Crippen LogP contribution in [0.25, 0.3) is 0 Å². The molecule has 1 fully saturated rings. The maximum Gasteiger partial charge on any atom is 0.0558 e. The van der Waals surface area contributed by atoms with Gasteiger partial charge < -0.3 is 15.7 Å². The minimum atomic E-state index is 0.0976. The Morgan fingerprint density at radius 2 is 1.65 bits per heavy atom. The van der Waals surface area contributed by atoms with Gasteiger partial charge in [-0.1, -0.05) is 26.0 Å². The number of nitrogens with two attached hydrogens (primary N) is 1. The van der Waals surface area contributed by atoms with Crippen molar-refractivity contribution < 1.29 is 5.11 Å². The number of rotatable bonds is 4. The van der Waals surface area contributed by atoms with Gasteiger partial charge in [0.15, 0.2) is 0 Å². The van der Waals surface area contributed by atoms with Crippen molar-refractivity contribution in [2.75, 3.05) is 44.2 Å². The average molecular weight is 279 g/mol. The summed E-state index contributed by atoms with van der Waals surface area (Å²) in [5.41, 5.74) is 8.29. The minimum Gasteiger partial charge on any atom is -0.395 e. The van der Waals surface area contributed by atoms with E-state index < -0.39 is 0 Å². The largest absolute Gasteiger partial charge is 0.395 e. The third kappa shape index (κ3) is 4.78. The number of nitrogens with zero attached hydrogens (tertiary/aromatic N) is 2. The van der Waals surface area contributed by atoms with Crippen molar-refractivity contribution in [3.05, 3.63) is 29.8 Å². The highest BCUT2D eigenvalue weighted by atomic mass is 16.3.